The highest BCUT2D eigenvalue weighted by Gasteiger charge is 2.28. The first-order chi connectivity index (χ1) is 8.99. The van der Waals surface area contributed by atoms with E-state index in [2.05, 4.69) is 5.92 Å². The van der Waals surface area contributed by atoms with Gasteiger partial charge < -0.3 is 4.74 Å². The van der Waals surface area contributed by atoms with Gasteiger partial charge in [0.05, 0.1) is 5.56 Å². The number of thiophene rings is 1. The van der Waals surface area contributed by atoms with Gasteiger partial charge in [0.1, 0.15) is 5.75 Å². The number of rotatable bonds is 3. The van der Waals surface area contributed by atoms with E-state index in [0.29, 0.717) is 5.56 Å². The molecule has 0 amide bonds. The lowest BCUT2D eigenvalue weighted by atomic mass is 10.1. The standard InChI is InChI=1S/C14H9F3OS/c1-2-10-3-4-11(12-5-6-19-8-12)7-13(10)18-9-14(15,16)17/h1,3-8H,9H2. The summed E-state index contributed by atoms with van der Waals surface area (Å²) in [6, 6.07) is 6.75. The Morgan fingerprint density at radius 3 is 2.58 bits per heavy atom. The number of terminal acetylenes is 1. The first kappa shape index (κ1) is 13.5. The summed E-state index contributed by atoms with van der Waals surface area (Å²) in [6.45, 7) is -1.35. The van der Waals surface area contributed by atoms with Crippen molar-refractivity contribution >= 4 is 11.3 Å². The molecule has 2 rings (SSSR count). The summed E-state index contributed by atoms with van der Waals surface area (Å²) in [4.78, 5) is 0. The lowest BCUT2D eigenvalue weighted by Gasteiger charge is -2.12. The Bertz CT molecular complexity index is 594. The van der Waals surface area contributed by atoms with Gasteiger partial charge in [0.2, 0.25) is 0 Å². The molecule has 0 aliphatic heterocycles. The van der Waals surface area contributed by atoms with Crippen LogP contribution in [-0.4, -0.2) is 12.8 Å². The van der Waals surface area contributed by atoms with Gasteiger partial charge in [0, 0.05) is 0 Å². The van der Waals surface area contributed by atoms with Crippen molar-refractivity contribution in [3.63, 3.8) is 0 Å². The number of benzene rings is 1. The quantitative estimate of drug-likeness (QED) is 0.761. The topological polar surface area (TPSA) is 9.23 Å². The lowest BCUT2D eigenvalue weighted by Crippen LogP contribution is -2.19. The molecule has 0 aliphatic rings. The van der Waals surface area contributed by atoms with Crippen LogP contribution in [0, 0.1) is 12.3 Å². The maximum Gasteiger partial charge on any atom is 0.422 e. The van der Waals surface area contributed by atoms with Crippen LogP contribution in [0.1, 0.15) is 5.56 Å². The fourth-order valence-corrected chi connectivity index (χ4v) is 2.19. The molecule has 0 fully saturated rings. The second kappa shape index (κ2) is 5.37. The summed E-state index contributed by atoms with van der Waals surface area (Å²) >= 11 is 1.51. The molecule has 1 nitrogen and oxygen atoms in total. The Morgan fingerprint density at radius 1 is 1.21 bits per heavy atom. The van der Waals surface area contributed by atoms with Crippen molar-refractivity contribution < 1.29 is 17.9 Å². The summed E-state index contributed by atoms with van der Waals surface area (Å²) in [5, 5.41) is 3.79. The van der Waals surface area contributed by atoms with Gasteiger partial charge in [-0.2, -0.15) is 24.5 Å². The van der Waals surface area contributed by atoms with E-state index in [4.69, 9.17) is 11.2 Å². The molecular formula is C14H9F3OS. The van der Waals surface area contributed by atoms with E-state index in [9.17, 15) is 13.2 Å². The summed E-state index contributed by atoms with van der Waals surface area (Å²) in [7, 11) is 0. The molecule has 0 radical (unpaired) electrons. The van der Waals surface area contributed by atoms with Crippen LogP contribution in [0.3, 0.4) is 0 Å². The van der Waals surface area contributed by atoms with Crippen molar-refractivity contribution in [1.29, 1.82) is 0 Å². The van der Waals surface area contributed by atoms with Crippen LogP contribution in [0.4, 0.5) is 13.2 Å². The molecule has 1 heterocycles. The van der Waals surface area contributed by atoms with Crippen LogP contribution in [0.2, 0.25) is 0 Å². The van der Waals surface area contributed by atoms with Gasteiger partial charge in [-0.1, -0.05) is 12.0 Å². The number of halogens is 3. The Labute approximate surface area is 112 Å². The normalized spacial score (nSPS) is 11.1. The fraction of sp³-hybridized carbons (Fsp3) is 0.143. The van der Waals surface area contributed by atoms with Crippen molar-refractivity contribution in [1.82, 2.24) is 0 Å². The van der Waals surface area contributed by atoms with Gasteiger partial charge >= 0.3 is 6.18 Å². The number of hydrogen-bond acceptors (Lipinski definition) is 2. The van der Waals surface area contributed by atoms with Crippen LogP contribution in [-0.2, 0) is 0 Å². The van der Waals surface area contributed by atoms with Gasteiger partial charge in [-0.05, 0) is 40.1 Å². The van der Waals surface area contributed by atoms with Crippen LogP contribution in [0.25, 0.3) is 11.1 Å². The zero-order valence-corrected chi connectivity index (χ0v) is 10.5. The molecule has 1 aromatic heterocycles. The van der Waals surface area contributed by atoms with Crippen LogP contribution in [0.15, 0.2) is 35.0 Å². The van der Waals surface area contributed by atoms with Gasteiger partial charge in [0.15, 0.2) is 6.61 Å². The van der Waals surface area contributed by atoms with Crippen molar-refractivity contribution in [2.75, 3.05) is 6.61 Å². The molecule has 5 heteroatoms. The Morgan fingerprint density at radius 2 is 2.00 bits per heavy atom. The smallest absolute Gasteiger partial charge is 0.422 e. The van der Waals surface area contributed by atoms with Crippen molar-refractivity contribution in [2.45, 2.75) is 6.18 Å². The maximum atomic E-state index is 12.2. The average Bonchev–Trinajstić information content (AvgIpc) is 2.89. The third-order valence-corrected chi connectivity index (χ3v) is 3.07. The first-order valence-corrected chi connectivity index (χ1v) is 6.26. The molecule has 1 aromatic carbocycles. The number of alkyl halides is 3. The number of ether oxygens (including phenoxy) is 1. The minimum absolute atomic E-state index is 0.0727. The molecular weight excluding hydrogens is 273 g/mol. The molecule has 0 bridgehead atoms. The van der Waals surface area contributed by atoms with Crippen molar-refractivity contribution in [3.8, 4) is 29.2 Å². The molecule has 0 N–H and O–H groups in total. The van der Waals surface area contributed by atoms with Crippen LogP contribution in [0.5, 0.6) is 5.75 Å². The van der Waals surface area contributed by atoms with Gasteiger partial charge in [0.25, 0.3) is 0 Å². The highest BCUT2D eigenvalue weighted by Crippen LogP contribution is 2.29. The molecule has 2 aromatic rings. The predicted molar refractivity (Wildman–Crippen MR) is 69.2 cm³/mol. The second-order valence-corrected chi connectivity index (χ2v) is 4.55. The van der Waals surface area contributed by atoms with Gasteiger partial charge in [-0.15, -0.1) is 6.42 Å². The zero-order chi connectivity index (χ0) is 13.9. The Kier molecular flexibility index (Phi) is 3.82. The Hall–Kier alpha value is -1.93. The second-order valence-electron chi connectivity index (χ2n) is 3.77. The van der Waals surface area contributed by atoms with E-state index < -0.39 is 12.8 Å². The van der Waals surface area contributed by atoms with E-state index in [0.717, 1.165) is 11.1 Å². The lowest BCUT2D eigenvalue weighted by molar-refractivity contribution is -0.153. The largest absolute Gasteiger partial charge is 0.483 e. The molecule has 0 saturated carbocycles. The average molecular weight is 282 g/mol. The van der Waals surface area contributed by atoms with E-state index in [1.54, 1.807) is 12.1 Å². The van der Waals surface area contributed by atoms with Crippen molar-refractivity contribution in [3.05, 3.63) is 40.6 Å². The van der Waals surface area contributed by atoms with Crippen LogP contribution >= 0.6 is 11.3 Å². The third kappa shape index (κ3) is 3.52. The zero-order valence-electron chi connectivity index (χ0n) is 9.70. The summed E-state index contributed by atoms with van der Waals surface area (Å²) < 4.78 is 41.3. The van der Waals surface area contributed by atoms with E-state index in [-0.39, 0.29) is 5.75 Å². The predicted octanol–water partition coefficient (Wildman–Crippen LogP) is 4.34. The molecule has 0 aliphatic carbocycles. The molecule has 98 valence electrons. The summed E-state index contributed by atoms with van der Waals surface area (Å²) in [5.41, 5.74) is 2.01. The van der Waals surface area contributed by atoms with E-state index in [1.807, 2.05) is 16.8 Å². The third-order valence-electron chi connectivity index (χ3n) is 2.38. The van der Waals surface area contributed by atoms with Gasteiger partial charge in [-0.3, -0.25) is 0 Å². The Balaban J connectivity index is 2.30. The van der Waals surface area contributed by atoms with E-state index >= 15 is 0 Å². The maximum absolute atomic E-state index is 12.2. The summed E-state index contributed by atoms with van der Waals surface area (Å²) in [5.74, 6) is 2.39. The molecule has 0 atom stereocenters. The first-order valence-electron chi connectivity index (χ1n) is 5.32. The fourth-order valence-electron chi connectivity index (χ4n) is 1.53. The molecule has 0 spiro atoms. The minimum atomic E-state index is -4.38. The molecule has 19 heavy (non-hydrogen) atoms. The SMILES string of the molecule is C#Cc1ccc(-c2ccsc2)cc1OCC(F)(F)F. The van der Waals surface area contributed by atoms with E-state index in [1.165, 1.54) is 17.4 Å². The van der Waals surface area contributed by atoms with Crippen molar-refractivity contribution in [2.24, 2.45) is 0 Å². The minimum Gasteiger partial charge on any atom is -0.483 e. The van der Waals surface area contributed by atoms with Crippen LogP contribution < -0.4 is 4.74 Å². The number of hydrogen-bond donors (Lipinski definition) is 0. The highest BCUT2D eigenvalue weighted by atomic mass is 32.1. The highest BCUT2D eigenvalue weighted by molar-refractivity contribution is 7.08. The summed E-state index contributed by atoms with van der Waals surface area (Å²) in [6.07, 6.45) is 0.865. The monoisotopic (exact) mass is 282 g/mol. The van der Waals surface area contributed by atoms with Gasteiger partial charge in [-0.25, -0.2) is 0 Å². The molecule has 0 unspecified atom stereocenters. The molecule has 0 saturated heterocycles.